The van der Waals surface area contributed by atoms with Gasteiger partial charge in [0.25, 0.3) is 0 Å². The molecule has 0 unspecified atom stereocenters. The normalized spacial score (nSPS) is 18.8. The molecular formula is C31H35N3O6S. The van der Waals surface area contributed by atoms with Crippen LogP contribution in [0.3, 0.4) is 0 Å². The highest BCUT2D eigenvalue weighted by atomic mass is 32.2. The zero-order chi connectivity index (χ0) is 29.6. The van der Waals surface area contributed by atoms with Crippen molar-refractivity contribution in [3.63, 3.8) is 0 Å². The number of likely N-dealkylation sites (N-methyl/N-ethyl adjacent to an activating group) is 1. The van der Waals surface area contributed by atoms with Gasteiger partial charge in [-0.05, 0) is 49.4 Å². The first-order chi connectivity index (χ1) is 19.6. The zero-order valence-corrected chi connectivity index (χ0v) is 24.4. The lowest BCUT2D eigenvalue weighted by atomic mass is 10.0. The van der Waals surface area contributed by atoms with E-state index in [4.69, 9.17) is 9.47 Å². The number of sulfonamides is 1. The summed E-state index contributed by atoms with van der Waals surface area (Å²) in [6.45, 7) is 3.48. The first-order valence-corrected chi connectivity index (χ1v) is 14.7. The number of aliphatic hydroxyl groups is 1. The summed E-state index contributed by atoms with van der Waals surface area (Å²) < 4.78 is 40.3. The summed E-state index contributed by atoms with van der Waals surface area (Å²) in [5.74, 6) is 6.61. The Bertz CT molecular complexity index is 1530. The Labute approximate surface area is 241 Å². The average Bonchev–Trinajstić information content (AvgIpc) is 2.97. The molecule has 1 heterocycles. The fourth-order valence-corrected chi connectivity index (χ4v) is 6.29. The van der Waals surface area contributed by atoms with Gasteiger partial charge in [-0.1, -0.05) is 43.0 Å². The van der Waals surface area contributed by atoms with Crippen LogP contribution in [0.25, 0.3) is 0 Å². The lowest BCUT2D eigenvalue weighted by molar-refractivity contribution is 0.0830. The van der Waals surface area contributed by atoms with Gasteiger partial charge < -0.3 is 24.8 Å². The standard InChI is InChI=1S/C31H35N3O6S/c1-22-19-34(23(2)21-35)41(37,38)30-16-15-25(14-13-24-9-6-5-7-10-24)17-28(30)40-29(22)20-33(3)31(36)32-26-11-8-12-27(18-26)39-4/h5-12,15-18,22-23,29,35H,19-21H2,1-4H3,(H,32,36)/t22-,23+,29+/m1/s1. The predicted molar refractivity (Wildman–Crippen MR) is 158 cm³/mol. The van der Waals surface area contributed by atoms with Gasteiger partial charge >= 0.3 is 6.03 Å². The highest BCUT2D eigenvalue weighted by Crippen LogP contribution is 2.34. The van der Waals surface area contributed by atoms with Crippen LogP contribution in [0.4, 0.5) is 10.5 Å². The van der Waals surface area contributed by atoms with Gasteiger partial charge in [-0.25, -0.2) is 13.2 Å². The number of amides is 2. The predicted octanol–water partition coefficient (Wildman–Crippen LogP) is 4.03. The highest BCUT2D eigenvalue weighted by molar-refractivity contribution is 7.89. The molecule has 216 valence electrons. The fraction of sp³-hybridized carbons (Fsp3) is 0.323. The number of aliphatic hydroxyl groups excluding tert-OH is 1. The minimum absolute atomic E-state index is 0.0107. The van der Waals surface area contributed by atoms with Gasteiger partial charge in [0, 0.05) is 48.4 Å². The second-order valence-electron chi connectivity index (χ2n) is 10.1. The van der Waals surface area contributed by atoms with Crippen LogP contribution in [-0.4, -0.2) is 74.8 Å². The second-order valence-corrected chi connectivity index (χ2v) is 11.9. The summed E-state index contributed by atoms with van der Waals surface area (Å²) in [5, 5.41) is 12.7. The number of anilines is 1. The molecule has 3 atom stereocenters. The number of methoxy groups -OCH3 is 1. The first kappa shape index (κ1) is 29.9. The van der Waals surface area contributed by atoms with Crippen LogP contribution in [0.2, 0.25) is 0 Å². The van der Waals surface area contributed by atoms with E-state index in [0.717, 1.165) is 5.56 Å². The van der Waals surface area contributed by atoms with Crippen LogP contribution in [0.1, 0.15) is 25.0 Å². The number of hydrogen-bond donors (Lipinski definition) is 2. The van der Waals surface area contributed by atoms with Crippen molar-refractivity contribution in [2.24, 2.45) is 5.92 Å². The SMILES string of the molecule is COc1cccc(NC(=O)N(C)C[C@@H]2Oc3cc(C#Cc4ccccc4)ccc3S(=O)(=O)N([C@@H](C)CO)C[C@H]2C)c1. The molecule has 0 bridgehead atoms. The third kappa shape index (κ3) is 7.19. The molecular weight excluding hydrogens is 542 g/mol. The van der Waals surface area contributed by atoms with Crippen LogP contribution in [0, 0.1) is 17.8 Å². The lowest BCUT2D eigenvalue weighted by Gasteiger charge is -2.37. The van der Waals surface area contributed by atoms with Crippen molar-refractivity contribution in [2.75, 3.05) is 39.2 Å². The minimum atomic E-state index is -3.99. The number of carbonyl (C=O) groups is 1. The van der Waals surface area contributed by atoms with Crippen molar-refractivity contribution in [3.8, 4) is 23.3 Å². The molecule has 0 fully saturated rings. The fourth-order valence-electron chi connectivity index (χ4n) is 4.46. The van der Waals surface area contributed by atoms with E-state index < -0.39 is 22.2 Å². The van der Waals surface area contributed by atoms with E-state index in [9.17, 15) is 18.3 Å². The topological polar surface area (TPSA) is 108 Å². The van der Waals surface area contributed by atoms with E-state index in [-0.39, 0.29) is 42.3 Å². The van der Waals surface area contributed by atoms with Crippen LogP contribution in [0.15, 0.2) is 77.7 Å². The average molecular weight is 578 g/mol. The van der Waals surface area contributed by atoms with E-state index in [1.54, 1.807) is 57.5 Å². The van der Waals surface area contributed by atoms with Gasteiger partial charge in [0.2, 0.25) is 10.0 Å². The second kappa shape index (κ2) is 13.1. The maximum absolute atomic E-state index is 13.7. The van der Waals surface area contributed by atoms with E-state index in [1.807, 2.05) is 37.3 Å². The Morgan fingerprint density at radius 3 is 2.56 bits per heavy atom. The Morgan fingerprint density at radius 1 is 1.12 bits per heavy atom. The van der Waals surface area contributed by atoms with Crippen molar-refractivity contribution in [2.45, 2.75) is 30.9 Å². The molecule has 2 amide bonds. The van der Waals surface area contributed by atoms with Crippen LogP contribution in [0.5, 0.6) is 11.5 Å². The number of hydrogen-bond acceptors (Lipinski definition) is 6. The number of urea groups is 1. The lowest BCUT2D eigenvalue weighted by Crippen LogP contribution is -2.50. The Kier molecular flexibility index (Phi) is 9.55. The van der Waals surface area contributed by atoms with Gasteiger partial charge in [0.1, 0.15) is 22.5 Å². The number of ether oxygens (including phenoxy) is 2. The smallest absolute Gasteiger partial charge is 0.321 e. The molecule has 0 saturated carbocycles. The van der Waals surface area contributed by atoms with Crippen LogP contribution >= 0.6 is 0 Å². The molecule has 3 aromatic rings. The molecule has 3 aromatic carbocycles. The Morgan fingerprint density at radius 2 is 1.85 bits per heavy atom. The molecule has 9 nitrogen and oxygen atoms in total. The maximum Gasteiger partial charge on any atom is 0.321 e. The Hall–Kier alpha value is -4.04. The summed E-state index contributed by atoms with van der Waals surface area (Å²) in [5.41, 5.74) is 1.99. The number of fused-ring (bicyclic) bond motifs is 1. The molecule has 1 aliphatic rings. The van der Waals surface area contributed by atoms with E-state index in [0.29, 0.717) is 17.0 Å². The van der Waals surface area contributed by atoms with E-state index in [2.05, 4.69) is 17.2 Å². The van der Waals surface area contributed by atoms with Crippen LogP contribution in [-0.2, 0) is 10.0 Å². The third-order valence-electron chi connectivity index (χ3n) is 6.91. The summed E-state index contributed by atoms with van der Waals surface area (Å²) in [7, 11) is -0.787. The van der Waals surface area contributed by atoms with E-state index >= 15 is 0 Å². The molecule has 0 aliphatic carbocycles. The van der Waals surface area contributed by atoms with Crippen molar-refractivity contribution in [3.05, 3.63) is 83.9 Å². The Balaban J connectivity index is 1.65. The van der Waals surface area contributed by atoms with Crippen molar-refractivity contribution in [1.82, 2.24) is 9.21 Å². The molecule has 4 rings (SSSR count). The maximum atomic E-state index is 13.7. The van der Waals surface area contributed by atoms with Crippen molar-refractivity contribution >= 4 is 21.7 Å². The number of carbonyl (C=O) groups excluding carboxylic acids is 1. The summed E-state index contributed by atoms with van der Waals surface area (Å²) in [4.78, 5) is 14.5. The zero-order valence-electron chi connectivity index (χ0n) is 23.6. The minimum Gasteiger partial charge on any atom is -0.497 e. The molecule has 1 aliphatic heterocycles. The van der Waals surface area contributed by atoms with Crippen molar-refractivity contribution < 1.29 is 27.8 Å². The molecule has 0 aromatic heterocycles. The summed E-state index contributed by atoms with van der Waals surface area (Å²) in [6.07, 6.45) is -0.559. The largest absolute Gasteiger partial charge is 0.497 e. The van der Waals surface area contributed by atoms with Gasteiger partial charge in [-0.3, -0.25) is 0 Å². The monoisotopic (exact) mass is 577 g/mol. The van der Waals surface area contributed by atoms with Gasteiger partial charge in [0.15, 0.2) is 0 Å². The molecule has 0 radical (unpaired) electrons. The molecule has 2 N–H and O–H groups in total. The number of nitrogens with one attached hydrogen (secondary N) is 1. The van der Waals surface area contributed by atoms with Crippen molar-refractivity contribution in [1.29, 1.82) is 0 Å². The third-order valence-corrected chi connectivity index (χ3v) is 8.93. The van der Waals surface area contributed by atoms with Gasteiger partial charge in [-0.15, -0.1) is 0 Å². The molecule has 0 spiro atoms. The van der Waals surface area contributed by atoms with Gasteiger partial charge in [-0.2, -0.15) is 4.31 Å². The van der Waals surface area contributed by atoms with Crippen LogP contribution < -0.4 is 14.8 Å². The molecule has 0 saturated heterocycles. The van der Waals surface area contributed by atoms with Gasteiger partial charge in [0.05, 0.1) is 20.3 Å². The van der Waals surface area contributed by atoms with E-state index in [1.165, 1.54) is 15.3 Å². The number of nitrogens with zero attached hydrogens (tertiary/aromatic N) is 2. The molecule has 41 heavy (non-hydrogen) atoms. The molecule has 10 heteroatoms. The number of rotatable bonds is 6. The number of benzene rings is 3. The first-order valence-electron chi connectivity index (χ1n) is 13.3. The summed E-state index contributed by atoms with van der Waals surface area (Å²) >= 11 is 0. The quantitative estimate of drug-likeness (QED) is 0.429. The summed E-state index contributed by atoms with van der Waals surface area (Å²) in [6, 6.07) is 20.3. The highest BCUT2D eigenvalue weighted by Gasteiger charge is 2.38.